The maximum Gasteiger partial charge on any atom is 0.294 e. The first-order valence-electron chi connectivity index (χ1n) is 9.63. The molecule has 2 aromatic carbocycles. The van der Waals surface area contributed by atoms with E-state index in [2.05, 4.69) is 15.4 Å². The lowest BCUT2D eigenvalue weighted by Gasteiger charge is -2.11. The molecule has 0 saturated carbocycles. The number of nitro benzene ring substituents is 1. The van der Waals surface area contributed by atoms with E-state index in [-0.39, 0.29) is 16.5 Å². The first-order valence-corrected chi connectivity index (χ1v) is 10.5. The summed E-state index contributed by atoms with van der Waals surface area (Å²) < 4.78 is 6.35. The van der Waals surface area contributed by atoms with Crippen molar-refractivity contribution in [2.45, 2.75) is 6.92 Å². The number of nitro groups is 1. The minimum Gasteiger partial charge on any atom is -0.497 e. The van der Waals surface area contributed by atoms with Crippen molar-refractivity contribution in [1.82, 2.24) is 14.8 Å². The highest BCUT2D eigenvalue weighted by Gasteiger charge is 2.21. The first kappa shape index (κ1) is 21.8. The maximum atomic E-state index is 12.8. The van der Waals surface area contributed by atoms with E-state index in [1.54, 1.807) is 37.6 Å². The zero-order valence-electron chi connectivity index (χ0n) is 17.5. The van der Waals surface area contributed by atoms with Gasteiger partial charge in [0.15, 0.2) is 10.8 Å². The van der Waals surface area contributed by atoms with Gasteiger partial charge in [-0.15, -0.1) is 11.3 Å². The molecule has 0 bridgehead atoms. The number of aryl methyl sites for hydroxylation is 1. The topological polar surface area (TPSA) is 129 Å². The standard InChI is InChI=1S/C22H17N5O5S/c1-13-11-19(28)20(25-26(13)17-5-3-4-6-18(17)27(30)31)21(29)24-22-23-16(12-33-22)14-7-9-15(32-2)10-8-14/h3-12H,1-2H3,(H,23,24,29). The monoisotopic (exact) mass is 463 g/mol. The smallest absolute Gasteiger partial charge is 0.294 e. The normalized spacial score (nSPS) is 10.6. The van der Waals surface area contributed by atoms with Gasteiger partial charge in [-0.2, -0.15) is 5.10 Å². The molecule has 166 valence electrons. The molecule has 0 unspecified atom stereocenters. The molecular formula is C22H17N5O5S. The van der Waals surface area contributed by atoms with Crippen molar-refractivity contribution in [1.29, 1.82) is 0 Å². The molecular weight excluding hydrogens is 446 g/mol. The van der Waals surface area contributed by atoms with Gasteiger partial charge in [-0.05, 0) is 37.3 Å². The second-order valence-corrected chi connectivity index (χ2v) is 7.73. The van der Waals surface area contributed by atoms with E-state index in [1.807, 2.05) is 12.1 Å². The van der Waals surface area contributed by atoms with Crippen LogP contribution in [0.4, 0.5) is 10.8 Å². The lowest BCUT2D eigenvalue weighted by atomic mass is 10.2. The highest BCUT2D eigenvalue weighted by Crippen LogP contribution is 2.27. The number of nitrogens with one attached hydrogen (secondary N) is 1. The van der Waals surface area contributed by atoms with Crippen LogP contribution in [0, 0.1) is 17.0 Å². The number of ether oxygens (including phenoxy) is 1. The van der Waals surface area contributed by atoms with Gasteiger partial charge in [-0.1, -0.05) is 12.1 Å². The summed E-state index contributed by atoms with van der Waals surface area (Å²) in [6.45, 7) is 1.58. The van der Waals surface area contributed by atoms with E-state index in [9.17, 15) is 19.7 Å². The molecule has 4 aromatic rings. The first-order chi connectivity index (χ1) is 15.9. The largest absolute Gasteiger partial charge is 0.497 e. The fourth-order valence-corrected chi connectivity index (χ4v) is 3.84. The summed E-state index contributed by atoms with van der Waals surface area (Å²) in [7, 11) is 1.58. The van der Waals surface area contributed by atoms with Gasteiger partial charge in [0.2, 0.25) is 5.43 Å². The number of amides is 1. The SMILES string of the molecule is COc1ccc(-c2csc(NC(=O)c3nn(-c4ccccc4[N+](=O)[O-])c(C)cc3=O)n2)cc1. The Morgan fingerprint density at radius 2 is 1.91 bits per heavy atom. The van der Waals surface area contributed by atoms with Gasteiger partial charge >= 0.3 is 0 Å². The second-order valence-electron chi connectivity index (χ2n) is 6.88. The quantitative estimate of drug-likeness (QED) is 0.340. The van der Waals surface area contributed by atoms with Crippen molar-refractivity contribution in [2.75, 3.05) is 12.4 Å². The molecule has 0 saturated heterocycles. The van der Waals surface area contributed by atoms with Crippen LogP contribution in [0.2, 0.25) is 0 Å². The molecule has 0 atom stereocenters. The molecule has 1 N–H and O–H groups in total. The molecule has 33 heavy (non-hydrogen) atoms. The van der Waals surface area contributed by atoms with E-state index >= 15 is 0 Å². The van der Waals surface area contributed by atoms with Crippen LogP contribution in [0.25, 0.3) is 16.9 Å². The molecule has 1 amide bonds. The average Bonchev–Trinajstić information content (AvgIpc) is 3.27. The number of nitrogens with zero attached hydrogens (tertiary/aromatic N) is 4. The zero-order chi connectivity index (χ0) is 23.5. The summed E-state index contributed by atoms with van der Waals surface area (Å²) in [5.41, 5.74) is 0.762. The van der Waals surface area contributed by atoms with Crippen molar-refractivity contribution in [2.24, 2.45) is 0 Å². The van der Waals surface area contributed by atoms with Gasteiger partial charge < -0.3 is 4.74 Å². The Balaban J connectivity index is 1.63. The van der Waals surface area contributed by atoms with E-state index < -0.39 is 22.0 Å². The lowest BCUT2D eigenvalue weighted by molar-refractivity contribution is -0.384. The Kier molecular flexibility index (Phi) is 5.96. The third-order valence-corrected chi connectivity index (χ3v) is 5.50. The number of benzene rings is 2. The fourth-order valence-electron chi connectivity index (χ4n) is 3.13. The summed E-state index contributed by atoms with van der Waals surface area (Å²) >= 11 is 1.19. The zero-order valence-corrected chi connectivity index (χ0v) is 18.3. The number of methoxy groups -OCH3 is 1. The maximum absolute atomic E-state index is 12.8. The Morgan fingerprint density at radius 1 is 1.18 bits per heavy atom. The summed E-state index contributed by atoms with van der Waals surface area (Å²) in [5, 5.41) is 20.1. The Bertz CT molecular complexity index is 1410. The minimum atomic E-state index is -0.761. The molecule has 0 spiro atoms. The fraction of sp³-hybridized carbons (Fsp3) is 0.0909. The molecule has 4 rings (SSSR count). The molecule has 0 aliphatic carbocycles. The minimum absolute atomic E-state index is 0.144. The van der Waals surface area contributed by atoms with Crippen LogP contribution in [-0.2, 0) is 0 Å². The predicted molar refractivity (Wildman–Crippen MR) is 123 cm³/mol. The summed E-state index contributed by atoms with van der Waals surface area (Å²) in [5.74, 6) is -0.0501. The number of thiazole rings is 1. The molecule has 2 heterocycles. The summed E-state index contributed by atoms with van der Waals surface area (Å²) in [4.78, 5) is 40.5. The number of para-hydroxylation sites is 2. The van der Waals surface area contributed by atoms with Crippen LogP contribution in [0.15, 0.2) is 64.8 Å². The van der Waals surface area contributed by atoms with Crippen LogP contribution in [0.3, 0.4) is 0 Å². The predicted octanol–water partition coefficient (Wildman–Crippen LogP) is 3.83. The Morgan fingerprint density at radius 3 is 2.61 bits per heavy atom. The van der Waals surface area contributed by atoms with Crippen LogP contribution >= 0.6 is 11.3 Å². The number of carbonyl (C=O) groups is 1. The lowest BCUT2D eigenvalue weighted by Crippen LogP contribution is -2.27. The van der Waals surface area contributed by atoms with Crippen molar-refractivity contribution < 1.29 is 14.5 Å². The highest BCUT2D eigenvalue weighted by molar-refractivity contribution is 7.14. The molecule has 0 fully saturated rings. The number of anilines is 1. The Labute approximate surface area is 191 Å². The van der Waals surface area contributed by atoms with E-state index in [4.69, 9.17) is 4.74 Å². The summed E-state index contributed by atoms with van der Waals surface area (Å²) in [6.07, 6.45) is 0. The number of aromatic nitrogens is 3. The van der Waals surface area contributed by atoms with Gasteiger partial charge in [-0.3, -0.25) is 25.0 Å². The molecule has 11 heteroatoms. The van der Waals surface area contributed by atoms with Gasteiger partial charge in [-0.25, -0.2) is 9.67 Å². The Hall–Kier alpha value is -4.38. The number of carbonyl (C=O) groups excluding carboxylic acids is 1. The van der Waals surface area contributed by atoms with E-state index in [1.165, 1.54) is 40.3 Å². The molecule has 0 radical (unpaired) electrons. The van der Waals surface area contributed by atoms with Gasteiger partial charge in [0.25, 0.3) is 11.6 Å². The van der Waals surface area contributed by atoms with Crippen LogP contribution in [0.5, 0.6) is 5.75 Å². The van der Waals surface area contributed by atoms with Gasteiger partial charge in [0.1, 0.15) is 11.4 Å². The van der Waals surface area contributed by atoms with Crippen LogP contribution < -0.4 is 15.5 Å². The highest BCUT2D eigenvalue weighted by atomic mass is 32.1. The van der Waals surface area contributed by atoms with E-state index in [0.29, 0.717) is 17.1 Å². The van der Waals surface area contributed by atoms with Gasteiger partial charge in [0.05, 0.1) is 17.7 Å². The number of rotatable bonds is 6. The molecule has 2 aromatic heterocycles. The van der Waals surface area contributed by atoms with E-state index in [0.717, 1.165) is 5.56 Å². The van der Waals surface area contributed by atoms with Crippen molar-refractivity contribution in [3.05, 3.63) is 91.7 Å². The second kappa shape index (κ2) is 9.01. The molecule has 0 aliphatic rings. The number of hydrogen-bond acceptors (Lipinski definition) is 8. The van der Waals surface area contributed by atoms with Crippen molar-refractivity contribution in [3.8, 4) is 22.7 Å². The van der Waals surface area contributed by atoms with Crippen LogP contribution in [-0.4, -0.2) is 32.7 Å². The van der Waals surface area contributed by atoms with Crippen LogP contribution in [0.1, 0.15) is 16.2 Å². The number of hydrogen-bond donors (Lipinski definition) is 1. The van der Waals surface area contributed by atoms with Crippen molar-refractivity contribution >= 4 is 28.1 Å². The molecule has 10 nitrogen and oxygen atoms in total. The van der Waals surface area contributed by atoms with Crippen molar-refractivity contribution in [3.63, 3.8) is 0 Å². The summed E-state index contributed by atoms with van der Waals surface area (Å²) in [6, 6.07) is 14.4. The third-order valence-electron chi connectivity index (χ3n) is 4.74. The average molecular weight is 463 g/mol. The third kappa shape index (κ3) is 4.48. The van der Waals surface area contributed by atoms with Gasteiger partial charge in [0, 0.05) is 28.8 Å². The molecule has 0 aliphatic heterocycles.